The third-order valence-corrected chi connectivity index (χ3v) is 3.85. The quantitative estimate of drug-likeness (QED) is 0.368. The lowest BCUT2D eigenvalue weighted by Crippen LogP contribution is -2.29. The smallest absolute Gasteiger partial charge is 0.220 e. The van der Waals surface area contributed by atoms with E-state index in [2.05, 4.69) is 16.0 Å². The highest BCUT2D eigenvalue weighted by Crippen LogP contribution is 2.04. The Hall–Kier alpha value is -1.92. The van der Waals surface area contributed by atoms with E-state index >= 15 is 0 Å². The summed E-state index contributed by atoms with van der Waals surface area (Å²) < 4.78 is 0. The molecule has 164 valence electrons. The van der Waals surface area contributed by atoms with E-state index < -0.39 is 0 Å². The molecule has 0 aliphatic heterocycles. The number of carbonyl (C=O) groups excluding carboxylic acids is 4. The molecule has 0 spiro atoms. The van der Waals surface area contributed by atoms with Crippen LogP contribution in [0.2, 0.25) is 0 Å². The second kappa shape index (κ2) is 19.8. The van der Waals surface area contributed by atoms with Gasteiger partial charge in [-0.2, -0.15) is 0 Å². The fourth-order valence-corrected chi connectivity index (χ4v) is 2.19. The van der Waals surface area contributed by atoms with Crippen LogP contribution in [0.15, 0.2) is 0 Å². The molecular weight excluding hydrogens is 358 g/mol. The Morgan fingerprint density at radius 2 is 1.04 bits per heavy atom. The number of Topliss-reactive ketones (excluding diaryl/α,β-unsaturated/α-hetero) is 1. The summed E-state index contributed by atoms with van der Waals surface area (Å²) in [6, 6.07) is 0. The summed E-state index contributed by atoms with van der Waals surface area (Å²) in [6.45, 7) is 11.3. The van der Waals surface area contributed by atoms with E-state index in [0.29, 0.717) is 64.6 Å². The van der Waals surface area contributed by atoms with Gasteiger partial charge in [0.25, 0.3) is 0 Å². The van der Waals surface area contributed by atoms with Crippen molar-refractivity contribution in [3.63, 3.8) is 0 Å². The third kappa shape index (κ3) is 18.9. The number of carbonyl (C=O) groups is 4. The fourth-order valence-electron chi connectivity index (χ4n) is 2.19. The molecule has 0 saturated carbocycles. The SMILES string of the molecule is CC.CCCNC(=O)CCCNC(=O)CCCNC(=O)CCCC(=O)C(C)C. The first-order chi connectivity index (χ1) is 13.4. The number of nitrogens with one attached hydrogen (secondary N) is 3. The lowest BCUT2D eigenvalue weighted by Gasteiger charge is -2.07. The van der Waals surface area contributed by atoms with Crippen molar-refractivity contribution >= 4 is 23.5 Å². The first-order valence-electron chi connectivity index (χ1n) is 10.7. The van der Waals surface area contributed by atoms with Gasteiger partial charge in [-0.3, -0.25) is 19.2 Å². The van der Waals surface area contributed by atoms with Crippen LogP contribution < -0.4 is 16.0 Å². The molecule has 3 amide bonds. The maximum Gasteiger partial charge on any atom is 0.220 e. The fraction of sp³-hybridized carbons (Fsp3) is 0.810. The van der Waals surface area contributed by atoms with Gasteiger partial charge >= 0.3 is 0 Å². The van der Waals surface area contributed by atoms with Crippen LogP contribution in [-0.4, -0.2) is 43.1 Å². The van der Waals surface area contributed by atoms with Crippen LogP contribution in [0.5, 0.6) is 0 Å². The van der Waals surface area contributed by atoms with E-state index in [1.54, 1.807) is 0 Å². The highest BCUT2D eigenvalue weighted by atomic mass is 16.2. The van der Waals surface area contributed by atoms with Crippen LogP contribution in [0.1, 0.15) is 86.0 Å². The first-order valence-corrected chi connectivity index (χ1v) is 10.7. The lowest BCUT2D eigenvalue weighted by molar-refractivity contribution is -0.124. The highest BCUT2D eigenvalue weighted by molar-refractivity contribution is 5.81. The molecule has 0 fully saturated rings. The summed E-state index contributed by atoms with van der Waals surface area (Å²) in [5.41, 5.74) is 0. The van der Waals surface area contributed by atoms with Crippen LogP contribution >= 0.6 is 0 Å². The normalized spacial score (nSPS) is 9.93. The van der Waals surface area contributed by atoms with Crippen molar-refractivity contribution in [3.8, 4) is 0 Å². The van der Waals surface area contributed by atoms with Crippen molar-refractivity contribution in [1.82, 2.24) is 16.0 Å². The maximum absolute atomic E-state index is 11.7. The van der Waals surface area contributed by atoms with Crippen molar-refractivity contribution in [3.05, 3.63) is 0 Å². The molecule has 0 rings (SSSR count). The largest absolute Gasteiger partial charge is 0.356 e. The predicted molar refractivity (Wildman–Crippen MR) is 113 cm³/mol. The van der Waals surface area contributed by atoms with Crippen molar-refractivity contribution in [2.45, 2.75) is 86.0 Å². The Kier molecular flexibility index (Phi) is 20.0. The van der Waals surface area contributed by atoms with Crippen LogP contribution in [-0.2, 0) is 19.2 Å². The van der Waals surface area contributed by atoms with E-state index in [4.69, 9.17) is 0 Å². The molecule has 0 heterocycles. The molecule has 28 heavy (non-hydrogen) atoms. The Bertz CT molecular complexity index is 451. The summed E-state index contributed by atoms with van der Waals surface area (Å²) in [4.78, 5) is 46.1. The molecule has 0 saturated heterocycles. The highest BCUT2D eigenvalue weighted by Gasteiger charge is 2.08. The average molecular weight is 400 g/mol. The van der Waals surface area contributed by atoms with Gasteiger partial charge in [0, 0.05) is 51.2 Å². The topological polar surface area (TPSA) is 104 Å². The summed E-state index contributed by atoms with van der Waals surface area (Å²) in [7, 11) is 0. The van der Waals surface area contributed by atoms with E-state index in [-0.39, 0.29) is 29.4 Å². The molecule has 0 aromatic heterocycles. The number of amides is 3. The Morgan fingerprint density at radius 3 is 1.43 bits per heavy atom. The number of hydrogen-bond acceptors (Lipinski definition) is 4. The number of hydrogen-bond donors (Lipinski definition) is 3. The predicted octanol–water partition coefficient (Wildman–Crippen LogP) is 2.73. The zero-order valence-corrected chi connectivity index (χ0v) is 18.5. The Balaban J connectivity index is 0. The van der Waals surface area contributed by atoms with Crippen LogP contribution in [0.25, 0.3) is 0 Å². The van der Waals surface area contributed by atoms with Crippen LogP contribution in [0.3, 0.4) is 0 Å². The van der Waals surface area contributed by atoms with Gasteiger partial charge in [0.1, 0.15) is 5.78 Å². The minimum atomic E-state index is -0.0833. The maximum atomic E-state index is 11.7. The van der Waals surface area contributed by atoms with E-state index in [1.165, 1.54) is 0 Å². The average Bonchev–Trinajstić information content (AvgIpc) is 2.68. The van der Waals surface area contributed by atoms with Crippen LogP contribution in [0, 0.1) is 5.92 Å². The monoisotopic (exact) mass is 399 g/mol. The van der Waals surface area contributed by atoms with Crippen molar-refractivity contribution in [2.75, 3.05) is 19.6 Å². The van der Waals surface area contributed by atoms with Gasteiger partial charge in [-0.25, -0.2) is 0 Å². The molecule has 0 unspecified atom stereocenters. The van der Waals surface area contributed by atoms with Gasteiger partial charge in [0.05, 0.1) is 0 Å². The number of rotatable bonds is 15. The second-order valence-electron chi connectivity index (χ2n) is 6.73. The van der Waals surface area contributed by atoms with Gasteiger partial charge in [-0.1, -0.05) is 34.6 Å². The summed E-state index contributed by atoms with van der Waals surface area (Å²) >= 11 is 0. The summed E-state index contributed by atoms with van der Waals surface area (Å²) in [6.07, 6.45) is 4.19. The minimum absolute atomic E-state index is 0.0129. The molecule has 7 heteroatoms. The van der Waals surface area contributed by atoms with E-state index in [0.717, 1.165) is 6.42 Å². The van der Waals surface area contributed by atoms with Gasteiger partial charge in [-0.05, 0) is 25.7 Å². The molecule has 7 nitrogen and oxygen atoms in total. The van der Waals surface area contributed by atoms with Crippen molar-refractivity contribution in [2.24, 2.45) is 5.92 Å². The lowest BCUT2D eigenvalue weighted by atomic mass is 10.0. The minimum Gasteiger partial charge on any atom is -0.356 e. The Morgan fingerprint density at radius 1 is 0.643 bits per heavy atom. The number of ketones is 1. The van der Waals surface area contributed by atoms with E-state index in [9.17, 15) is 19.2 Å². The zero-order chi connectivity index (χ0) is 21.8. The molecule has 0 aromatic carbocycles. The summed E-state index contributed by atoms with van der Waals surface area (Å²) in [5, 5.41) is 8.32. The van der Waals surface area contributed by atoms with Crippen molar-refractivity contribution < 1.29 is 19.2 Å². The third-order valence-electron chi connectivity index (χ3n) is 3.85. The molecular formula is C21H41N3O4. The molecule has 0 aliphatic rings. The molecule has 0 radical (unpaired) electrons. The first kappa shape index (κ1) is 28.3. The standard InChI is InChI=1S/C19H35N3O4.C2H6/c1-4-12-20-18(25)10-6-14-22-19(26)11-7-13-21-17(24)9-5-8-16(23)15(2)3;1-2/h15H,4-14H2,1-3H3,(H,20,25)(H,21,24)(H,22,26);1-2H3. The Labute approximate surface area is 170 Å². The second-order valence-corrected chi connectivity index (χ2v) is 6.73. The molecule has 0 atom stereocenters. The van der Waals surface area contributed by atoms with Crippen LogP contribution in [0.4, 0.5) is 0 Å². The van der Waals surface area contributed by atoms with Crippen molar-refractivity contribution in [1.29, 1.82) is 0 Å². The molecule has 0 aromatic rings. The molecule has 3 N–H and O–H groups in total. The van der Waals surface area contributed by atoms with Gasteiger partial charge in [0.2, 0.25) is 17.7 Å². The van der Waals surface area contributed by atoms with Gasteiger partial charge in [0.15, 0.2) is 0 Å². The molecule has 0 aliphatic carbocycles. The van der Waals surface area contributed by atoms with E-state index in [1.807, 2.05) is 34.6 Å². The van der Waals surface area contributed by atoms with Gasteiger partial charge in [-0.15, -0.1) is 0 Å². The summed E-state index contributed by atoms with van der Waals surface area (Å²) in [5.74, 6) is 0.0503. The molecule has 0 bridgehead atoms. The zero-order valence-electron chi connectivity index (χ0n) is 18.5. The van der Waals surface area contributed by atoms with Gasteiger partial charge < -0.3 is 16.0 Å².